The van der Waals surface area contributed by atoms with E-state index in [0.29, 0.717) is 11.5 Å². The first-order valence-corrected chi connectivity index (χ1v) is 12.1. The van der Waals surface area contributed by atoms with Gasteiger partial charge in [-0.1, -0.05) is 81.3 Å². The predicted molar refractivity (Wildman–Crippen MR) is 122 cm³/mol. The molecular formula is C27H33ClF2. The molecule has 2 aliphatic carbocycles. The van der Waals surface area contributed by atoms with Crippen LogP contribution in [0.25, 0.3) is 11.1 Å². The summed E-state index contributed by atoms with van der Waals surface area (Å²) in [7, 11) is 0. The number of halogens is 3. The molecule has 0 bridgehead atoms. The summed E-state index contributed by atoms with van der Waals surface area (Å²) in [6.45, 7) is 2.40. The molecule has 0 heterocycles. The molecule has 0 unspecified atom stereocenters. The van der Waals surface area contributed by atoms with Crippen molar-refractivity contribution in [1.29, 1.82) is 0 Å². The third kappa shape index (κ3) is 5.25. The lowest BCUT2D eigenvalue weighted by Gasteiger charge is -2.31. The molecule has 0 saturated heterocycles. The third-order valence-electron chi connectivity index (χ3n) is 7.66. The Morgan fingerprint density at radius 3 is 1.77 bits per heavy atom. The van der Waals surface area contributed by atoms with Crippen LogP contribution in [0, 0.1) is 29.4 Å². The second-order valence-corrected chi connectivity index (χ2v) is 10.2. The van der Waals surface area contributed by atoms with E-state index in [4.69, 9.17) is 11.6 Å². The van der Waals surface area contributed by atoms with E-state index in [0.717, 1.165) is 23.3 Å². The number of rotatable bonds is 5. The van der Waals surface area contributed by atoms with Crippen LogP contribution < -0.4 is 0 Å². The van der Waals surface area contributed by atoms with Crippen molar-refractivity contribution < 1.29 is 8.78 Å². The van der Waals surface area contributed by atoms with Gasteiger partial charge >= 0.3 is 0 Å². The van der Waals surface area contributed by atoms with E-state index in [1.54, 1.807) is 0 Å². The molecule has 162 valence electrons. The van der Waals surface area contributed by atoms with Crippen LogP contribution in [0.1, 0.15) is 82.6 Å². The van der Waals surface area contributed by atoms with E-state index in [9.17, 15) is 8.78 Å². The van der Waals surface area contributed by atoms with Gasteiger partial charge in [0.2, 0.25) is 0 Å². The maximum absolute atomic E-state index is 13.8. The molecule has 4 rings (SSSR count). The Hall–Kier alpha value is -1.41. The Morgan fingerprint density at radius 1 is 0.733 bits per heavy atom. The minimum absolute atomic E-state index is 0.440. The maximum Gasteiger partial charge on any atom is 0.145 e. The lowest BCUT2D eigenvalue weighted by Crippen LogP contribution is -2.17. The Labute approximate surface area is 185 Å². The van der Waals surface area contributed by atoms with Crippen molar-refractivity contribution in [2.75, 3.05) is 0 Å². The highest BCUT2D eigenvalue weighted by molar-refractivity contribution is 6.31. The number of benzene rings is 2. The van der Waals surface area contributed by atoms with Gasteiger partial charge in [0.05, 0.1) is 0 Å². The quantitative estimate of drug-likeness (QED) is 0.414. The molecule has 0 radical (unpaired) electrons. The monoisotopic (exact) mass is 430 g/mol. The van der Waals surface area contributed by atoms with Crippen LogP contribution in [0.15, 0.2) is 36.4 Å². The van der Waals surface area contributed by atoms with Gasteiger partial charge in [0.15, 0.2) is 0 Å². The Bertz CT molecular complexity index is 805. The fourth-order valence-corrected chi connectivity index (χ4v) is 5.65. The highest BCUT2D eigenvalue weighted by atomic mass is 35.5. The minimum atomic E-state index is -0.711. The molecule has 0 spiro atoms. The van der Waals surface area contributed by atoms with E-state index in [2.05, 4.69) is 19.1 Å². The normalized spacial score (nSPS) is 27.2. The molecule has 2 fully saturated rings. The molecular weight excluding hydrogens is 398 g/mol. The zero-order valence-electron chi connectivity index (χ0n) is 18.0. The highest BCUT2D eigenvalue weighted by Crippen LogP contribution is 2.40. The van der Waals surface area contributed by atoms with Gasteiger partial charge in [-0.15, -0.1) is 0 Å². The Kier molecular flexibility index (Phi) is 7.13. The van der Waals surface area contributed by atoms with Crippen LogP contribution in [0.3, 0.4) is 0 Å². The summed E-state index contributed by atoms with van der Waals surface area (Å²) >= 11 is 5.60. The summed E-state index contributed by atoms with van der Waals surface area (Å²) in [5.74, 6) is 2.02. The van der Waals surface area contributed by atoms with Crippen LogP contribution >= 0.6 is 11.6 Å². The van der Waals surface area contributed by atoms with E-state index in [-0.39, 0.29) is 0 Å². The first kappa shape index (κ1) is 21.8. The predicted octanol–water partition coefficient (Wildman–Crippen LogP) is 9.17. The smallest absolute Gasteiger partial charge is 0.145 e. The van der Waals surface area contributed by atoms with Gasteiger partial charge in [0.25, 0.3) is 0 Å². The first-order chi connectivity index (χ1) is 14.5. The second kappa shape index (κ2) is 9.81. The molecule has 0 nitrogen and oxygen atoms in total. The summed E-state index contributed by atoms with van der Waals surface area (Å²) < 4.78 is 27.5. The molecule has 0 atom stereocenters. The SMILES string of the molecule is C[C@H]1CC[C@H](CCC2CCC(c3ccc(-c4cc(F)c(Cl)c(F)c4)cc3)CC2)CC1. The minimum Gasteiger partial charge on any atom is -0.205 e. The average Bonchev–Trinajstić information content (AvgIpc) is 2.77. The van der Waals surface area contributed by atoms with Gasteiger partial charge in [-0.05, 0) is 78.2 Å². The van der Waals surface area contributed by atoms with Gasteiger partial charge in [0.1, 0.15) is 16.7 Å². The fourth-order valence-electron chi connectivity index (χ4n) is 5.54. The summed E-state index contributed by atoms with van der Waals surface area (Å²) in [6.07, 6.45) is 13.8. The number of hydrogen-bond acceptors (Lipinski definition) is 0. The van der Waals surface area contributed by atoms with Gasteiger partial charge in [-0.25, -0.2) is 8.78 Å². The molecule has 2 aromatic rings. The van der Waals surface area contributed by atoms with Gasteiger partial charge < -0.3 is 0 Å². The lowest BCUT2D eigenvalue weighted by atomic mass is 9.74. The fraction of sp³-hybridized carbons (Fsp3) is 0.556. The Balaban J connectivity index is 1.29. The van der Waals surface area contributed by atoms with E-state index in [1.165, 1.54) is 81.9 Å². The topological polar surface area (TPSA) is 0 Å². The van der Waals surface area contributed by atoms with Crippen LogP contribution in [-0.4, -0.2) is 0 Å². The van der Waals surface area contributed by atoms with Crippen molar-refractivity contribution in [3.8, 4) is 11.1 Å². The summed E-state index contributed by atoms with van der Waals surface area (Å²) in [5, 5.41) is -0.440. The van der Waals surface area contributed by atoms with Gasteiger partial charge in [-0.3, -0.25) is 0 Å². The molecule has 3 heteroatoms. The van der Waals surface area contributed by atoms with Gasteiger partial charge in [-0.2, -0.15) is 0 Å². The zero-order chi connectivity index (χ0) is 21.1. The molecule has 0 N–H and O–H groups in total. The van der Waals surface area contributed by atoms with Crippen LogP contribution in [-0.2, 0) is 0 Å². The van der Waals surface area contributed by atoms with Crippen LogP contribution in [0.4, 0.5) is 8.78 Å². The molecule has 2 aliphatic rings. The number of hydrogen-bond donors (Lipinski definition) is 0. The zero-order valence-corrected chi connectivity index (χ0v) is 18.7. The van der Waals surface area contributed by atoms with Crippen molar-refractivity contribution in [3.63, 3.8) is 0 Å². The summed E-state index contributed by atoms with van der Waals surface area (Å²) in [4.78, 5) is 0. The maximum atomic E-state index is 13.8. The lowest BCUT2D eigenvalue weighted by molar-refractivity contribution is 0.237. The first-order valence-electron chi connectivity index (χ1n) is 11.7. The summed E-state index contributed by atoms with van der Waals surface area (Å²) in [5.41, 5.74) is 2.71. The van der Waals surface area contributed by atoms with E-state index < -0.39 is 16.7 Å². The standard InChI is InChI=1S/C27H33ClF2/c1-18-2-4-19(5-3-18)6-7-20-8-10-21(11-9-20)22-12-14-23(15-13-22)24-16-25(29)27(28)26(30)17-24/h12-21H,2-11H2,1H3/t18-,19-,20?,21?. The van der Waals surface area contributed by atoms with Crippen molar-refractivity contribution >= 4 is 11.6 Å². The van der Waals surface area contributed by atoms with Gasteiger partial charge in [0, 0.05) is 0 Å². The Morgan fingerprint density at radius 2 is 1.23 bits per heavy atom. The molecule has 0 aromatic heterocycles. The highest BCUT2D eigenvalue weighted by Gasteiger charge is 2.24. The summed E-state index contributed by atoms with van der Waals surface area (Å²) in [6, 6.07) is 10.8. The van der Waals surface area contributed by atoms with Crippen molar-refractivity contribution in [1.82, 2.24) is 0 Å². The molecule has 2 saturated carbocycles. The van der Waals surface area contributed by atoms with E-state index >= 15 is 0 Å². The van der Waals surface area contributed by atoms with Crippen molar-refractivity contribution in [2.24, 2.45) is 17.8 Å². The van der Waals surface area contributed by atoms with Crippen molar-refractivity contribution in [2.45, 2.75) is 77.0 Å². The molecule has 0 amide bonds. The molecule has 2 aromatic carbocycles. The van der Waals surface area contributed by atoms with Crippen LogP contribution in [0.5, 0.6) is 0 Å². The largest absolute Gasteiger partial charge is 0.205 e. The third-order valence-corrected chi connectivity index (χ3v) is 8.03. The second-order valence-electron chi connectivity index (χ2n) is 9.80. The molecule has 0 aliphatic heterocycles. The van der Waals surface area contributed by atoms with E-state index in [1.807, 2.05) is 12.1 Å². The van der Waals surface area contributed by atoms with Crippen molar-refractivity contribution in [3.05, 3.63) is 58.6 Å². The molecule has 30 heavy (non-hydrogen) atoms. The average molecular weight is 431 g/mol. The van der Waals surface area contributed by atoms with Crippen LogP contribution in [0.2, 0.25) is 5.02 Å².